The summed E-state index contributed by atoms with van der Waals surface area (Å²) in [6.45, 7) is 9.34. The van der Waals surface area contributed by atoms with Gasteiger partial charge in [0.2, 0.25) is 18.2 Å². The van der Waals surface area contributed by atoms with E-state index < -0.39 is 36.0 Å². The van der Waals surface area contributed by atoms with Crippen molar-refractivity contribution in [1.82, 2.24) is 15.5 Å². The van der Waals surface area contributed by atoms with Gasteiger partial charge in [-0.15, -0.1) is 0 Å². The zero-order valence-electron chi connectivity index (χ0n) is 24.7. The Bertz CT molecular complexity index is 1090. The third-order valence-electron chi connectivity index (χ3n) is 8.59. The molecule has 0 bridgehead atoms. The zero-order valence-corrected chi connectivity index (χ0v) is 24.7. The Hall–Kier alpha value is -3.09. The van der Waals surface area contributed by atoms with E-state index in [1.807, 2.05) is 6.07 Å². The zero-order chi connectivity index (χ0) is 33.2. The van der Waals surface area contributed by atoms with Gasteiger partial charge in [0, 0.05) is 24.5 Å². The number of primary amides is 1. The molecular weight excluding hydrogens is 588 g/mol. The number of nitrogens with one attached hydrogen (secondary N) is 2. The SMILES string of the molecule is C[C@H](CC(=O)N1CC2C(C1)C2(C)C)OC(C)(C)C(F)(F)F.N#CC(CC1CC2(CC2)NC1=O)NC=O.NC(=O)C(F)(F)F. The summed E-state index contributed by atoms with van der Waals surface area (Å²) in [5.74, 6) is -1.37. The van der Waals surface area contributed by atoms with Gasteiger partial charge in [-0.25, -0.2) is 0 Å². The minimum Gasteiger partial charge on any atom is -0.363 e. The molecule has 5 atom stereocenters. The number of hydrogen-bond acceptors (Lipinski definition) is 6. The molecule has 0 aromatic heterocycles. The van der Waals surface area contributed by atoms with E-state index in [9.17, 15) is 40.7 Å². The number of nitriles is 1. The smallest absolute Gasteiger partial charge is 0.363 e. The highest BCUT2D eigenvalue weighted by Crippen LogP contribution is 2.62. The maximum atomic E-state index is 12.8. The van der Waals surface area contributed by atoms with E-state index in [0.717, 1.165) is 46.2 Å². The van der Waals surface area contributed by atoms with E-state index in [0.29, 0.717) is 30.1 Å². The number of carbonyl (C=O) groups excluding carboxylic acids is 4. The second kappa shape index (κ2) is 12.9. The molecule has 4 aliphatic rings. The minimum absolute atomic E-state index is 0.000616. The molecule has 1 spiro atoms. The minimum atomic E-state index is -4.86. The summed E-state index contributed by atoms with van der Waals surface area (Å²) in [6, 6.07) is 1.43. The average molecular weight is 628 g/mol. The lowest BCUT2D eigenvalue weighted by atomic mass is 9.96. The first-order valence-corrected chi connectivity index (χ1v) is 13.8. The molecule has 43 heavy (non-hydrogen) atoms. The van der Waals surface area contributed by atoms with E-state index in [1.54, 1.807) is 4.90 Å². The quantitative estimate of drug-likeness (QED) is 0.278. The summed E-state index contributed by atoms with van der Waals surface area (Å²) in [7, 11) is 0. The van der Waals surface area contributed by atoms with Crippen LogP contribution < -0.4 is 16.4 Å². The number of nitrogens with zero attached hydrogens (tertiary/aromatic N) is 2. The number of fused-ring (bicyclic) bond motifs is 1. The molecule has 2 saturated carbocycles. The highest BCUT2D eigenvalue weighted by atomic mass is 19.4. The van der Waals surface area contributed by atoms with Crippen LogP contribution in [-0.4, -0.2) is 77.8 Å². The molecule has 2 heterocycles. The van der Waals surface area contributed by atoms with Gasteiger partial charge in [0.15, 0.2) is 5.60 Å². The summed E-state index contributed by atoms with van der Waals surface area (Å²) in [4.78, 5) is 44.8. The largest absolute Gasteiger partial charge is 0.470 e. The molecule has 2 aliphatic heterocycles. The fraction of sp³-hybridized carbons (Fsp3) is 0.815. The van der Waals surface area contributed by atoms with Crippen LogP contribution in [0.15, 0.2) is 0 Å². The molecular formula is C27H39F6N5O5. The Morgan fingerprint density at radius 2 is 1.70 bits per heavy atom. The molecule has 4 N–H and O–H groups in total. The van der Waals surface area contributed by atoms with Crippen LogP contribution >= 0.6 is 0 Å². The fourth-order valence-electron chi connectivity index (χ4n) is 5.50. The lowest BCUT2D eigenvalue weighted by molar-refractivity contribution is -0.275. The summed E-state index contributed by atoms with van der Waals surface area (Å²) >= 11 is 0. The predicted octanol–water partition coefficient (Wildman–Crippen LogP) is 2.95. The number of halogens is 6. The first kappa shape index (κ1) is 36.1. The topological polar surface area (TPSA) is 155 Å². The van der Waals surface area contributed by atoms with Gasteiger partial charge in [-0.3, -0.25) is 19.2 Å². The second-order valence-corrected chi connectivity index (χ2v) is 12.7. The average Bonchev–Trinajstić information content (AvgIpc) is 3.54. The number of carbonyl (C=O) groups is 4. The lowest BCUT2D eigenvalue weighted by Gasteiger charge is -2.32. The van der Waals surface area contributed by atoms with E-state index >= 15 is 0 Å². The molecule has 4 amide bonds. The summed E-state index contributed by atoms with van der Waals surface area (Å²) in [6.07, 6.45) is -6.22. The van der Waals surface area contributed by atoms with Gasteiger partial charge in [-0.05, 0) is 63.7 Å². The maximum absolute atomic E-state index is 12.8. The van der Waals surface area contributed by atoms with Crippen molar-refractivity contribution >= 4 is 24.1 Å². The van der Waals surface area contributed by atoms with Crippen molar-refractivity contribution in [2.24, 2.45) is 28.9 Å². The van der Waals surface area contributed by atoms with Crippen LogP contribution in [0.1, 0.15) is 66.7 Å². The van der Waals surface area contributed by atoms with Crippen LogP contribution in [0.2, 0.25) is 0 Å². The van der Waals surface area contributed by atoms with Gasteiger partial charge in [-0.2, -0.15) is 31.6 Å². The highest BCUT2D eigenvalue weighted by molar-refractivity contribution is 5.83. The number of piperidine rings is 1. The number of amides is 4. The van der Waals surface area contributed by atoms with Gasteiger partial charge >= 0.3 is 18.3 Å². The lowest BCUT2D eigenvalue weighted by Crippen LogP contribution is -2.45. The number of nitrogens with two attached hydrogens (primary N) is 1. The van der Waals surface area contributed by atoms with Crippen molar-refractivity contribution in [3.8, 4) is 6.07 Å². The number of alkyl halides is 6. The highest BCUT2D eigenvalue weighted by Gasteiger charge is 2.62. The van der Waals surface area contributed by atoms with E-state index in [-0.39, 0.29) is 29.7 Å². The second-order valence-electron chi connectivity index (χ2n) is 12.7. The molecule has 0 aromatic carbocycles. The van der Waals surface area contributed by atoms with E-state index in [2.05, 4.69) is 30.2 Å². The fourth-order valence-corrected chi connectivity index (χ4v) is 5.50. The van der Waals surface area contributed by atoms with Gasteiger partial charge in [0.05, 0.1) is 18.6 Å². The Balaban J connectivity index is 0.000000255. The van der Waals surface area contributed by atoms with Gasteiger partial charge < -0.3 is 26.0 Å². The molecule has 2 aliphatic carbocycles. The van der Waals surface area contributed by atoms with Crippen LogP contribution in [0.25, 0.3) is 0 Å². The third kappa shape index (κ3) is 9.45. The Labute approximate surface area is 246 Å². The third-order valence-corrected chi connectivity index (χ3v) is 8.59. The van der Waals surface area contributed by atoms with Crippen molar-refractivity contribution in [3.05, 3.63) is 0 Å². The van der Waals surface area contributed by atoms with E-state index in [4.69, 9.17) is 14.8 Å². The van der Waals surface area contributed by atoms with Crippen molar-refractivity contribution in [2.45, 2.75) is 102 Å². The van der Waals surface area contributed by atoms with Gasteiger partial charge in [0.1, 0.15) is 6.04 Å². The van der Waals surface area contributed by atoms with Crippen LogP contribution in [0, 0.1) is 34.5 Å². The molecule has 0 aromatic rings. The van der Waals surface area contributed by atoms with Crippen LogP contribution in [0.5, 0.6) is 0 Å². The first-order valence-electron chi connectivity index (χ1n) is 13.8. The predicted molar refractivity (Wildman–Crippen MR) is 139 cm³/mol. The summed E-state index contributed by atoms with van der Waals surface area (Å²) < 4.78 is 75.4. The first-order chi connectivity index (χ1) is 19.5. The van der Waals surface area contributed by atoms with Gasteiger partial charge in [0.25, 0.3) is 0 Å². The number of ether oxygens (including phenoxy) is 1. The Kier molecular flexibility index (Phi) is 10.8. The Morgan fingerprint density at radius 3 is 2.07 bits per heavy atom. The molecule has 10 nitrogen and oxygen atoms in total. The van der Waals surface area contributed by atoms with Gasteiger partial charge in [-0.1, -0.05) is 13.8 Å². The van der Waals surface area contributed by atoms with Crippen molar-refractivity contribution in [1.29, 1.82) is 5.26 Å². The molecule has 4 rings (SSSR count). The molecule has 244 valence electrons. The molecule has 16 heteroatoms. The molecule has 4 fully saturated rings. The Morgan fingerprint density at radius 1 is 1.19 bits per heavy atom. The summed E-state index contributed by atoms with van der Waals surface area (Å²) in [5, 5.41) is 14.1. The van der Waals surface area contributed by atoms with Crippen molar-refractivity contribution in [3.63, 3.8) is 0 Å². The number of hydrogen-bond donors (Lipinski definition) is 3. The maximum Gasteiger partial charge on any atom is 0.470 e. The monoisotopic (exact) mass is 627 g/mol. The van der Waals surface area contributed by atoms with Crippen molar-refractivity contribution < 1.29 is 50.3 Å². The normalized spacial score (nSPS) is 25.9. The van der Waals surface area contributed by atoms with Crippen LogP contribution in [0.4, 0.5) is 26.3 Å². The summed E-state index contributed by atoms with van der Waals surface area (Å²) in [5.41, 5.74) is 1.93. The molecule has 2 saturated heterocycles. The van der Waals surface area contributed by atoms with Crippen LogP contribution in [0.3, 0.4) is 0 Å². The molecule has 4 unspecified atom stereocenters. The number of likely N-dealkylation sites (tertiary alicyclic amines) is 1. The van der Waals surface area contributed by atoms with Crippen molar-refractivity contribution in [2.75, 3.05) is 13.1 Å². The number of rotatable bonds is 8. The van der Waals surface area contributed by atoms with E-state index in [1.165, 1.54) is 6.92 Å². The standard InChI is InChI=1S/C15H24F3NO2.C10H13N3O2.C2H2F3NO/c1-9(21-14(4,5)15(16,17)18)6-12(20)19-7-10-11(8-19)13(10,2)3;11-5-8(12-6-14)3-7-4-10(1-2-10)13-9(7)15;3-2(4,5)1(6)7/h9-11H,6-8H2,1-5H3;6-8H,1-4H2,(H,12,14)(H,13,15);(H2,6,7)/t9-,10?,11?;;/m1../s1. The molecule has 0 radical (unpaired) electrons. The van der Waals surface area contributed by atoms with Crippen LogP contribution in [-0.2, 0) is 23.9 Å².